The fourth-order valence-corrected chi connectivity index (χ4v) is 6.83. The van der Waals surface area contributed by atoms with Crippen LogP contribution in [0.3, 0.4) is 0 Å². The van der Waals surface area contributed by atoms with Gasteiger partial charge < -0.3 is 4.90 Å². The van der Waals surface area contributed by atoms with E-state index in [2.05, 4.69) is 6.92 Å². The van der Waals surface area contributed by atoms with Crippen LogP contribution in [0.1, 0.15) is 40.6 Å². The number of benzene rings is 1. The van der Waals surface area contributed by atoms with Gasteiger partial charge in [-0.25, -0.2) is 12.8 Å². The summed E-state index contributed by atoms with van der Waals surface area (Å²) in [7, 11) is -3.69. The Bertz CT molecular complexity index is 1000. The third-order valence-corrected chi connectivity index (χ3v) is 8.79. The van der Waals surface area contributed by atoms with Gasteiger partial charge in [0.25, 0.3) is 5.91 Å². The zero-order chi connectivity index (χ0) is 20.6. The summed E-state index contributed by atoms with van der Waals surface area (Å²) < 4.78 is 40.3. The fraction of sp³-hybridized carbons (Fsp3) is 0.476. The molecule has 1 fully saturated rings. The first-order valence-electron chi connectivity index (χ1n) is 10.0. The standard InChI is InChI=1S/C21H25FN2O3S2/c1-15-3-8-18-19(14-28-20(18)13-15)21(25)23-9-2-10-24(12-11-23)29(26,27)17-6-4-16(22)5-7-17/h4-7,14-15H,2-3,8-13H2,1H3. The Morgan fingerprint density at radius 1 is 1.14 bits per heavy atom. The van der Waals surface area contributed by atoms with Crippen molar-refractivity contribution in [2.45, 2.75) is 37.5 Å². The molecule has 1 aliphatic carbocycles. The van der Waals surface area contributed by atoms with Gasteiger partial charge in [-0.2, -0.15) is 4.31 Å². The molecule has 0 radical (unpaired) electrons. The zero-order valence-corrected chi connectivity index (χ0v) is 18.1. The average molecular weight is 437 g/mol. The molecule has 1 aromatic heterocycles. The van der Waals surface area contributed by atoms with Crippen LogP contribution in [0.5, 0.6) is 0 Å². The number of sulfonamides is 1. The zero-order valence-electron chi connectivity index (χ0n) is 16.4. The van der Waals surface area contributed by atoms with Crippen LogP contribution >= 0.6 is 11.3 Å². The smallest absolute Gasteiger partial charge is 0.255 e. The Morgan fingerprint density at radius 2 is 1.90 bits per heavy atom. The lowest BCUT2D eigenvalue weighted by Gasteiger charge is -2.23. The number of carbonyl (C=O) groups excluding carboxylic acids is 1. The second kappa shape index (κ2) is 8.16. The predicted octanol–water partition coefficient (Wildman–Crippen LogP) is 3.55. The number of amides is 1. The molecular formula is C21H25FN2O3S2. The van der Waals surface area contributed by atoms with Gasteiger partial charge in [0.2, 0.25) is 10.0 Å². The molecule has 156 valence electrons. The van der Waals surface area contributed by atoms with E-state index in [0.717, 1.165) is 37.0 Å². The van der Waals surface area contributed by atoms with E-state index in [9.17, 15) is 17.6 Å². The van der Waals surface area contributed by atoms with Crippen LogP contribution in [0.2, 0.25) is 0 Å². The van der Waals surface area contributed by atoms with Gasteiger partial charge in [0.15, 0.2) is 0 Å². The minimum atomic E-state index is -3.69. The molecule has 1 aliphatic heterocycles. The van der Waals surface area contributed by atoms with Crippen molar-refractivity contribution in [2.24, 2.45) is 5.92 Å². The van der Waals surface area contributed by atoms with Gasteiger partial charge in [0, 0.05) is 36.4 Å². The Morgan fingerprint density at radius 3 is 2.66 bits per heavy atom. The number of carbonyl (C=O) groups is 1. The van der Waals surface area contributed by atoms with Crippen LogP contribution in [0.4, 0.5) is 4.39 Å². The van der Waals surface area contributed by atoms with Crippen LogP contribution in [0.25, 0.3) is 0 Å². The maximum absolute atomic E-state index is 13.2. The van der Waals surface area contributed by atoms with Gasteiger partial charge in [-0.3, -0.25) is 4.79 Å². The second-order valence-corrected chi connectivity index (χ2v) is 10.8. The van der Waals surface area contributed by atoms with Crippen LogP contribution in [-0.2, 0) is 22.9 Å². The maximum Gasteiger partial charge on any atom is 0.255 e. The first-order valence-corrected chi connectivity index (χ1v) is 12.3. The van der Waals surface area contributed by atoms with Crippen molar-refractivity contribution in [3.8, 4) is 0 Å². The normalized spacial score (nSPS) is 20.9. The van der Waals surface area contributed by atoms with Crippen molar-refractivity contribution in [1.29, 1.82) is 0 Å². The van der Waals surface area contributed by atoms with Gasteiger partial charge in [-0.1, -0.05) is 6.92 Å². The van der Waals surface area contributed by atoms with E-state index in [1.165, 1.54) is 26.9 Å². The number of rotatable bonds is 3. The molecule has 8 heteroatoms. The Hall–Kier alpha value is -1.77. The Balaban J connectivity index is 1.48. The van der Waals surface area contributed by atoms with E-state index >= 15 is 0 Å². The lowest BCUT2D eigenvalue weighted by atomic mass is 9.88. The van der Waals surface area contributed by atoms with Crippen LogP contribution in [-0.4, -0.2) is 49.7 Å². The minimum absolute atomic E-state index is 0.0121. The summed E-state index contributed by atoms with van der Waals surface area (Å²) in [5.74, 6) is 0.204. The van der Waals surface area contributed by atoms with E-state index in [-0.39, 0.29) is 17.3 Å². The molecule has 29 heavy (non-hydrogen) atoms. The number of halogens is 1. The number of thiophene rings is 1. The van der Waals surface area contributed by atoms with Crippen molar-refractivity contribution in [2.75, 3.05) is 26.2 Å². The summed E-state index contributed by atoms with van der Waals surface area (Å²) in [5, 5.41) is 1.98. The molecule has 0 spiro atoms. The number of nitrogens with zero attached hydrogens (tertiary/aromatic N) is 2. The van der Waals surface area contributed by atoms with E-state index in [0.29, 0.717) is 32.0 Å². The van der Waals surface area contributed by atoms with E-state index in [1.54, 1.807) is 16.2 Å². The highest BCUT2D eigenvalue weighted by atomic mass is 32.2. The van der Waals surface area contributed by atoms with Crippen LogP contribution in [0.15, 0.2) is 34.5 Å². The quantitative estimate of drug-likeness (QED) is 0.739. The van der Waals surface area contributed by atoms with Gasteiger partial charge in [-0.05, 0) is 61.4 Å². The van der Waals surface area contributed by atoms with Gasteiger partial charge in [-0.15, -0.1) is 11.3 Å². The average Bonchev–Trinajstić information content (AvgIpc) is 2.94. The van der Waals surface area contributed by atoms with Crippen molar-refractivity contribution < 1.29 is 17.6 Å². The summed E-state index contributed by atoms with van der Waals surface area (Å²) in [6.45, 7) is 3.74. The molecule has 2 heterocycles. The maximum atomic E-state index is 13.2. The molecule has 1 aromatic carbocycles. The van der Waals surface area contributed by atoms with Crippen molar-refractivity contribution in [3.63, 3.8) is 0 Å². The summed E-state index contributed by atoms with van der Waals surface area (Å²) in [6, 6.07) is 4.89. The summed E-state index contributed by atoms with van der Waals surface area (Å²) in [6.07, 6.45) is 3.67. The Labute approximate surface area is 175 Å². The number of hydrogen-bond donors (Lipinski definition) is 0. The molecule has 1 atom stereocenters. The first-order chi connectivity index (χ1) is 13.9. The van der Waals surface area contributed by atoms with Crippen molar-refractivity contribution in [3.05, 3.63) is 51.5 Å². The minimum Gasteiger partial charge on any atom is -0.337 e. The number of hydrogen-bond acceptors (Lipinski definition) is 4. The van der Waals surface area contributed by atoms with E-state index in [1.807, 2.05) is 5.38 Å². The first kappa shape index (κ1) is 20.5. The van der Waals surface area contributed by atoms with Gasteiger partial charge in [0.1, 0.15) is 5.82 Å². The molecular weight excluding hydrogens is 411 g/mol. The Kier molecular flexibility index (Phi) is 5.77. The highest BCUT2D eigenvalue weighted by Gasteiger charge is 2.30. The molecule has 0 bridgehead atoms. The molecule has 0 saturated carbocycles. The fourth-order valence-electron chi connectivity index (χ4n) is 4.12. The van der Waals surface area contributed by atoms with Crippen LogP contribution < -0.4 is 0 Å². The van der Waals surface area contributed by atoms with Crippen molar-refractivity contribution >= 4 is 27.3 Å². The van der Waals surface area contributed by atoms with Gasteiger partial charge >= 0.3 is 0 Å². The van der Waals surface area contributed by atoms with Gasteiger partial charge in [0.05, 0.1) is 10.5 Å². The molecule has 2 aromatic rings. The molecule has 0 N–H and O–H groups in total. The highest BCUT2D eigenvalue weighted by Crippen LogP contribution is 2.33. The predicted molar refractivity (Wildman–Crippen MR) is 111 cm³/mol. The summed E-state index contributed by atoms with van der Waals surface area (Å²) >= 11 is 1.67. The monoisotopic (exact) mass is 436 g/mol. The molecule has 1 amide bonds. The number of fused-ring (bicyclic) bond motifs is 1. The van der Waals surface area contributed by atoms with E-state index < -0.39 is 15.8 Å². The lowest BCUT2D eigenvalue weighted by molar-refractivity contribution is 0.0763. The topological polar surface area (TPSA) is 57.7 Å². The molecule has 4 rings (SSSR count). The molecule has 1 unspecified atom stereocenters. The summed E-state index contributed by atoms with van der Waals surface area (Å²) in [5.41, 5.74) is 1.99. The lowest BCUT2D eigenvalue weighted by Crippen LogP contribution is -2.37. The van der Waals surface area contributed by atoms with Crippen LogP contribution in [0, 0.1) is 11.7 Å². The van der Waals surface area contributed by atoms with E-state index in [4.69, 9.17) is 0 Å². The second-order valence-electron chi connectivity index (χ2n) is 7.90. The molecule has 2 aliphatic rings. The highest BCUT2D eigenvalue weighted by molar-refractivity contribution is 7.89. The van der Waals surface area contributed by atoms with Crippen molar-refractivity contribution in [1.82, 2.24) is 9.21 Å². The largest absolute Gasteiger partial charge is 0.337 e. The third-order valence-electron chi connectivity index (χ3n) is 5.83. The molecule has 5 nitrogen and oxygen atoms in total. The SMILES string of the molecule is CC1CCc2c(C(=O)N3CCCN(S(=O)(=O)c4ccc(F)cc4)CC3)csc2C1. The molecule has 1 saturated heterocycles. The summed E-state index contributed by atoms with van der Waals surface area (Å²) in [4.78, 5) is 16.3. The third kappa shape index (κ3) is 4.11.